The Morgan fingerprint density at radius 2 is 2.03 bits per heavy atom. The highest BCUT2D eigenvalue weighted by atomic mass is 19.1. The molecule has 37 heavy (non-hydrogen) atoms. The van der Waals surface area contributed by atoms with Crippen molar-refractivity contribution in [3.8, 4) is 0 Å². The van der Waals surface area contributed by atoms with Crippen molar-refractivity contribution in [1.82, 2.24) is 24.5 Å². The van der Waals surface area contributed by atoms with Gasteiger partial charge in [0.15, 0.2) is 5.65 Å². The molecule has 2 aliphatic heterocycles. The number of aryl methyl sites for hydroxylation is 1. The number of hydrogen-bond donors (Lipinski definition) is 1. The highest BCUT2D eigenvalue weighted by Gasteiger charge is 2.33. The summed E-state index contributed by atoms with van der Waals surface area (Å²) >= 11 is 0. The first-order valence-electron chi connectivity index (χ1n) is 13.1. The minimum absolute atomic E-state index is 0.206. The first-order valence-corrected chi connectivity index (χ1v) is 13.1. The Morgan fingerprint density at radius 3 is 2.84 bits per heavy atom. The highest BCUT2D eigenvalue weighted by Crippen LogP contribution is 2.33. The van der Waals surface area contributed by atoms with Crippen LogP contribution in [0.4, 0.5) is 10.2 Å². The molecule has 0 spiro atoms. The summed E-state index contributed by atoms with van der Waals surface area (Å²) < 4.78 is 16.1. The lowest BCUT2D eigenvalue weighted by molar-refractivity contribution is 0.0600. The van der Waals surface area contributed by atoms with Gasteiger partial charge in [0.05, 0.1) is 17.8 Å². The molecule has 0 bridgehead atoms. The smallest absolute Gasteiger partial charge is 0.273 e. The fraction of sp³-hybridized carbons (Fsp3) is 0.429. The number of aromatic nitrogens is 4. The molecular weight excluding hydrogens is 471 g/mol. The number of carbonyl (C=O) groups is 1. The number of para-hydroxylation sites is 1. The van der Waals surface area contributed by atoms with E-state index in [9.17, 15) is 14.3 Å². The molecule has 2 saturated heterocycles. The van der Waals surface area contributed by atoms with Crippen molar-refractivity contribution in [2.24, 2.45) is 5.92 Å². The summed E-state index contributed by atoms with van der Waals surface area (Å²) in [6, 6.07) is 9.95. The van der Waals surface area contributed by atoms with E-state index in [2.05, 4.69) is 16.8 Å². The summed E-state index contributed by atoms with van der Waals surface area (Å²) in [5.74, 6) is 0.467. The van der Waals surface area contributed by atoms with Crippen molar-refractivity contribution >= 4 is 28.3 Å². The van der Waals surface area contributed by atoms with Crippen LogP contribution in [-0.4, -0.2) is 61.2 Å². The molecule has 1 aromatic carbocycles. The van der Waals surface area contributed by atoms with E-state index >= 15 is 0 Å². The third-order valence-corrected chi connectivity index (χ3v) is 7.85. The summed E-state index contributed by atoms with van der Waals surface area (Å²) in [7, 11) is 0. The standard InChI is InChI=1S/C28H31FN6O2/c1-3-18-15-33(16-24(18)36)27-17(2)14-35-25(31-27)13-22(32-35)23-9-4-5-12-34(23)28(37)21-11-10-19-7-6-8-20(29)26(19)30-21/h6-8,10-11,13-14,18,23-24,36H,3-5,9,12,15-16H2,1-2H3/t18-,23+,24+/m1/s1. The Balaban J connectivity index is 1.31. The van der Waals surface area contributed by atoms with Crippen LogP contribution in [0, 0.1) is 18.7 Å². The minimum atomic E-state index is -0.435. The molecule has 0 radical (unpaired) electrons. The second kappa shape index (κ2) is 9.37. The van der Waals surface area contributed by atoms with E-state index in [1.54, 1.807) is 28.8 Å². The number of likely N-dealkylation sites (tertiary alicyclic amines) is 1. The summed E-state index contributed by atoms with van der Waals surface area (Å²) in [5.41, 5.74) is 2.94. The SMILES string of the molecule is CC[C@@H]1CN(c2nc3cc([C@@H]4CCCCN4C(=O)c4ccc5cccc(F)c5n4)nn3cc2C)C[C@@H]1O. The molecule has 5 heterocycles. The number of hydrogen-bond acceptors (Lipinski definition) is 6. The zero-order valence-corrected chi connectivity index (χ0v) is 21.1. The van der Waals surface area contributed by atoms with Crippen LogP contribution in [0.5, 0.6) is 0 Å². The first-order chi connectivity index (χ1) is 17.9. The molecule has 192 valence electrons. The van der Waals surface area contributed by atoms with Gasteiger partial charge in [0.2, 0.25) is 0 Å². The topological polar surface area (TPSA) is 86.9 Å². The van der Waals surface area contributed by atoms with Crippen molar-refractivity contribution < 1.29 is 14.3 Å². The second-order valence-electron chi connectivity index (χ2n) is 10.3. The molecule has 3 atom stereocenters. The van der Waals surface area contributed by atoms with Crippen molar-refractivity contribution in [3.63, 3.8) is 0 Å². The third kappa shape index (κ3) is 4.21. The number of halogens is 1. The average Bonchev–Trinajstić information content (AvgIpc) is 3.50. The van der Waals surface area contributed by atoms with Crippen LogP contribution in [0.1, 0.15) is 60.4 Å². The predicted octanol–water partition coefficient (Wildman–Crippen LogP) is 4.30. The van der Waals surface area contributed by atoms with Gasteiger partial charge in [-0.2, -0.15) is 5.10 Å². The van der Waals surface area contributed by atoms with Crippen molar-refractivity contribution in [3.05, 3.63) is 65.4 Å². The zero-order valence-electron chi connectivity index (χ0n) is 21.1. The molecule has 8 nitrogen and oxygen atoms in total. The summed E-state index contributed by atoms with van der Waals surface area (Å²) in [5, 5.41) is 15.9. The maximum absolute atomic E-state index is 14.3. The monoisotopic (exact) mass is 502 g/mol. The third-order valence-electron chi connectivity index (χ3n) is 7.85. The molecule has 1 amide bonds. The number of carbonyl (C=O) groups excluding carboxylic acids is 1. The van der Waals surface area contributed by atoms with E-state index in [1.807, 2.05) is 24.1 Å². The molecule has 3 aromatic heterocycles. The van der Waals surface area contributed by atoms with Crippen molar-refractivity contribution in [1.29, 1.82) is 0 Å². The quantitative estimate of drug-likeness (QED) is 0.448. The van der Waals surface area contributed by atoms with Crippen LogP contribution < -0.4 is 4.90 Å². The number of β-amino-alcohol motifs (C(OH)–C–C–N with tert-alkyl or cyclic N) is 1. The van der Waals surface area contributed by atoms with Gasteiger partial charge in [-0.1, -0.05) is 25.1 Å². The molecule has 0 unspecified atom stereocenters. The lowest BCUT2D eigenvalue weighted by atomic mass is 9.98. The Labute approximate surface area is 214 Å². The maximum atomic E-state index is 14.3. The number of piperidine rings is 1. The summed E-state index contributed by atoms with van der Waals surface area (Å²) in [6.07, 6.45) is 5.23. The number of pyridine rings is 1. The maximum Gasteiger partial charge on any atom is 0.273 e. The van der Waals surface area contributed by atoms with Crippen LogP contribution in [0.2, 0.25) is 0 Å². The predicted molar refractivity (Wildman–Crippen MR) is 139 cm³/mol. The molecular formula is C28H31FN6O2. The van der Waals surface area contributed by atoms with Gasteiger partial charge in [-0.25, -0.2) is 18.9 Å². The Hall–Kier alpha value is -3.59. The first kappa shape index (κ1) is 23.8. The Morgan fingerprint density at radius 1 is 1.16 bits per heavy atom. The molecule has 1 N–H and O–H groups in total. The van der Waals surface area contributed by atoms with Crippen LogP contribution in [-0.2, 0) is 0 Å². The normalized spacial score (nSPS) is 22.3. The fourth-order valence-electron chi connectivity index (χ4n) is 5.79. The van der Waals surface area contributed by atoms with Crippen molar-refractivity contribution in [2.75, 3.05) is 24.5 Å². The number of anilines is 1. The molecule has 2 fully saturated rings. The summed E-state index contributed by atoms with van der Waals surface area (Å²) in [6.45, 7) is 6.07. The van der Waals surface area contributed by atoms with E-state index < -0.39 is 5.82 Å². The Bertz CT molecular complexity index is 1490. The molecule has 6 rings (SSSR count). The molecule has 2 aliphatic rings. The van der Waals surface area contributed by atoms with Crippen LogP contribution in [0.25, 0.3) is 16.6 Å². The number of nitrogens with zero attached hydrogens (tertiary/aromatic N) is 6. The average molecular weight is 503 g/mol. The van der Waals surface area contributed by atoms with Crippen molar-refractivity contribution in [2.45, 2.75) is 51.7 Å². The number of benzene rings is 1. The number of aliphatic hydroxyl groups excluding tert-OH is 1. The lowest BCUT2D eigenvalue weighted by Crippen LogP contribution is -2.39. The van der Waals surface area contributed by atoms with Gasteiger partial charge in [0.1, 0.15) is 22.8 Å². The number of aliphatic hydroxyl groups is 1. The molecule has 9 heteroatoms. The molecule has 4 aromatic rings. The second-order valence-corrected chi connectivity index (χ2v) is 10.3. The Kier molecular flexibility index (Phi) is 6.03. The van der Waals surface area contributed by atoms with Gasteiger partial charge < -0.3 is 14.9 Å². The van der Waals surface area contributed by atoms with Crippen LogP contribution in [0.15, 0.2) is 42.6 Å². The number of fused-ring (bicyclic) bond motifs is 2. The van der Waals surface area contributed by atoms with Gasteiger partial charge in [-0.05, 0) is 44.7 Å². The number of amides is 1. The minimum Gasteiger partial charge on any atom is -0.391 e. The highest BCUT2D eigenvalue weighted by molar-refractivity contribution is 5.95. The van der Waals surface area contributed by atoms with E-state index in [0.717, 1.165) is 49.3 Å². The lowest BCUT2D eigenvalue weighted by Gasteiger charge is -2.34. The summed E-state index contributed by atoms with van der Waals surface area (Å²) in [4.78, 5) is 26.8. The van der Waals surface area contributed by atoms with E-state index in [1.165, 1.54) is 6.07 Å². The van der Waals surface area contributed by atoms with Crippen LogP contribution in [0.3, 0.4) is 0 Å². The largest absolute Gasteiger partial charge is 0.391 e. The number of rotatable bonds is 4. The van der Waals surface area contributed by atoms with Crippen LogP contribution >= 0.6 is 0 Å². The van der Waals surface area contributed by atoms with Gasteiger partial charge in [-0.15, -0.1) is 0 Å². The fourth-order valence-corrected chi connectivity index (χ4v) is 5.79. The molecule has 0 saturated carbocycles. The van der Waals surface area contributed by atoms with E-state index in [0.29, 0.717) is 24.1 Å². The van der Waals surface area contributed by atoms with Gasteiger partial charge in [0.25, 0.3) is 5.91 Å². The van der Waals surface area contributed by atoms with E-state index in [-0.39, 0.29) is 35.2 Å². The molecule has 0 aliphatic carbocycles. The zero-order chi connectivity index (χ0) is 25.7. The van der Waals surface area contributed by atoms with Gasteiger partial charge >= 0.3 is 0 Å². The van der Waals surface area contributed by atoms with Gasteiger partial charge in [0, 0.05) is 48.8 Å². The van der Waals surface area contributed by atoms with Gasteiger partial charge in [-0.3, -0.25) is 4.79 Å². The van der Waals surface area contributed by atoms with E-state index in [4.69, 9.17) is 10.1 Å².